The van der Waals surface area contributed by atoms with Crippen LogP contribution in [-0.2, 0) is 0 Å². The zero-order valence-electron chi connectivity index (χ0n) is 11.6. The monoisotopic (exact) mass is 264 g/mol. The Morgan fingerprint density at radius 3 is 2.63 bits per heavy atom. The summed E-state index contributed by atoms with van der Waals surface area (Å²) >= 11 is 0. The summed E-state index contributed by atoms with van der Waals surface area (Å²) in [6, 6.07) is 3.28. The largest absolute Gasteiger partial charge is 0.334 e. The van der Waals surface area contributed by atoms with Gasteiger partial charge in [-0.25, -0.2) is 5.84 Å². The van der Waals surface area contributed by atoms with Crippen LogP contribution in [0.15, 0.2) is 12.1 Å². The lowest BCUT2D eigenvalue weighted by atomic mass is 9.99. The van der Waals surface area contributed by atoms with Crippen molar-refractivity contribution in [1.82, 2.24) is 20.0 Å². The molecule has 2 heterocycles. The number of nitrogen functional groups attached to an aromatic ring is 1. The summed E-state index contributed by atoms with van der Waals surface area (Å²) in [4.78, 5) is 16.4. The summed E-state index contributed by atoms with van der Waals surface area (Å²) < 4.78 is 0. The fourth-order valence-electron chi connectivity index (χ4n) is 2.10. The van der Waals surface area contributed by atoms with Gasteiger partial charge in [-0.3, -0.25) is 9.69 Å². The summed E-state index contributed by atoms with van der Waals surface area (Å²) in [5.74, 6) is 5.57. The molecule has 3 N–H and O–H groups in total. The van der Waals surface area contributed by atoms with E-state index in [1.807, 2.05) is 4.90 Å². The van der Waals surface area contributed by atoms with Crippen molar-refractivity contribution in [3.8, 4) is 0 Å². The standard InChI is InChI=1S/C12H20N6O/c1-12(2)8-18(7-6-17(12)3)11(19)9-4-5-10(14-13)16-15-9/h4-5H,6-8,13H2,1-3H3,(H,14,16). The molecule has 0 unspecified atom stereocenters. The minimum Gasteiger partial charge on any atom is -0.334 e. The van der Waals surface area contributed by atoms with E-state index >= 15 is 0 Å². The van der Waals surface area contributed by atoms with Crippen molar-refractivity contribution in [2.75, 3.05) is 32.1 Å². The molecule has 0 aliphatic carbocycles. The van der Waals surface area contributed by atoms with Gasteiger partial charge in [0, 0.05) is 25.2 Å². The quantitative estimate of drug-likeness (QED) is 0.574. The highest BCUT2D eigenvalue weighted by molar-refractivity contribution is 5.92. The molecule has 19 heavy (non-hydrogen) atoms. The second-order valence-electron chi connectivity index (χ2n) is 5.41. The van der Waals surface area contributed by atoms with Crippen molar-refractivity contribution < 1.29 is 4.79 Å². The van der Waals surface area contributed by atoms with Gasteiger partial charge in [0.25, 0.3) is 5.91 Å². The number of aromatic nitrogens is 2. The molecule has 0 spiro atoms. The maximum atomic E-state index is 12.3. The maximum Gasteiger partial charge on any atom is 0.274 e. The molecule has 104 valence electrons. The molecule has 1 aliphatic heterocycles. The number of nitrogens with zero attached hydrogens (tertiary/aromatic N) is 4. The van der Waals surface area contributed by atoms with E-state index in [9.17, 15) is 4.79 Å². The van der Waals surface area contributed by atoms with Gasteiger partial charge in [-0.2, -0.15) is 0 Å². The SMILES string of the molecule is CN1CCN(C(=O)c2ccc(NN)nn2)CC1(C)C. The fourth-order valence-corrected chi connectivity index (χ4v) is 2.10. The predicted molar refractivity (Wildman–Crippen MR) is 72.5 cm³/mol. The van der Waals surface area contributed by atoms with E-state index in [1.54, 1.807) is 12.1 Å². The maximum absolute atomic E-state index is 12.3. The smallest absolute Gasteiger partial charge is 0.274 e. The molecule has 0 radical (unpaired) electrons. The van der Waals surface area contributed by atoms with Crippen LogP contribution in [-0.4, -0.2) is 58.1 Å². The third-order valence-corrected chi connectivity index (χ3v) is 3.64. The molecule has 2 rings (SSSR count). The molecule has 7 nitrogen and oxygen atoms in total. The van der Waals surface area contributed by atoms with Crippen LogP contribution in [0.3, 0.4) is 0 Å². The first-order valence-electron chi connectivity index (χ1n) is 6.25. The number of anilines is 1. The molecular weight excluding hydrogens is 244 g/mol. The van der Waals surface area contributed by atoms with E-state index in [4.69, 9.17) is 5.84 Å². The molecule has 1 fully saturated rings. The Morgan fingerprint density at radius 2 is 2.11 bits per heavy atom. The molecule has 0 saturated carbocycles. The summed E-state index contributed by atoms with van der Waals surface area (Å²) in [7, 11) is 2.07. The number of hydrogen-bond acceptors (Lipinski definition) is 6. The first kappa shape index (κ1) is 13.7. The molecule has 1 aliphatic rings. The van der Waals surface area contributed by atoms with Gasteiger partial charge in [-0.15, -0.1) is 10.2 Å². The van der Waals surface area contributed by atoms with Crippen molar-refractivity contribution in [3.63, 3.8) is 0 Å². The number of hydrazine groups is 1. The number of hydrogen-bond donors (Lipinski definition) is 2. The number of amides is 1. The van der Waals surface area contributed by atoms with Crippen molar-refractivity contribution in [1.29, 1.82) is 0 Å². The van der Waals surface area contributed by atoms with Gasteiger partial charge in [0.2, 0.25) is 0 Å². The second kappa shape index (κ2) is 5.10. The van der Waals surface area contributed by atoms with E-state index in [0.29, 0.717) is 24.6 Å². The van der Waals surface area contributed by atoms with Crippen molar-refractivity contribution in [3.05, 3.63) is 17.8 Å². The normalized spacial score (nSPS) is 19.3. The van der Waals surface area contributed by atoms with E-state index in [0.717, 1.165) is 6.54 Å². The predicted octanol–water partition coefficient (Wildman–Crippen LogP) is -0.0716. The van der Waals surface area contributed by atoms with Gasteiger partial charge in [0.15, 0.2) is 11.5 Å². The number of rotatable bonds is 2. The summed E-state index contributed by atoms with van der Waals surface area (Å²) in [5.41, 5.74) is 2.71. The Labute approximate surface area is 112 Å². The van der Waals surface area contributed by atoms with Gasteiger partial charge in [0.05, 0.1) is 0 Å². The van der Waals surface area contributed by atoms with Crippen LogP contribution in [0.5, 0.6) is 0 Å². The lowest BCUT2D eigenvalue weighted by Gasteiger charge is -2.45. The molecule has 1 amide bonds. The molecule has 0 atom stereocenters. The number of likely N-dealkylation sites (N-methyl/N-ethyl adjacent to an activating group) is 1. The van der Waals surface area contributed by atoms with Crippen molar-refractivity contribution in [2.24, 2.45) is 5.84 Å². The molecular formula is C12H20N6O. The highest BCUT2D eigenvalue weighted by atomic mass is 16.2. The zero-order valence-corrected chi connectivity index (χ0v) is 11.6. The number of nitrogens with two attached hydrogens (primary N) is 1. The van der Waals surface area contributed by atoms with Crippen LogP contribution in [0.1, 0.15) is 24.3 Å². The number of nitrogens with one attached hydrogen (secondary N) is 1. The van der Waals surface area contributed by atoms with E-state index < -0.39 is 0 Å². The van der Waals surface area contributed by atoms with Crippen LogP contribution in [0.2, 0.25) is 0 Å². The topological polar surface area (TPSA) is 87.4 Å². The average molecular weight is 264 g/mol. The van der Waals surface area contributed by atoms with Gasteiger partial charge in [-0.1, -0.05) is 0 Å². The first-order valence-corrected chi connectivity index (χ1v) is 6.25. The Bertz CT molecular complexity index is 458. The second-order valence-corrected chi connectivity index (χ2v) is 5.41. The summed E-state index contributed by atoms with van der Waals surface area (Å²) in [5, 5.41) is 7.71. The van der Waals surface area contributed by atoms with E-state index in [-0.39, 0.29) is 11.4 Å². The average Bonchev–Trinajstić information content (AvgIpc) is 2.41. The minimum atomic E-state index is -0.0859. The first-order chi connectivity index (χ1) is 8.94. The number of piperazine rings is 1. The van der Waals surface area contributed by atoms with Crippen molar-refractivity contribution in [2.45, 2.75) is 19.4 Å². The highest BCUT2D eigenvalue weighted by Gasteiger charge is 2.33. The molecule has 1 saturated heterocycles. The molecule has 1 aromatic rings. The van der Waals surface area contributed by atoms with Crippen LogP contribution in [0.25, 0.3) is 0 Å². The molecule has 1 aromatic heterocycles. The van der Waals surface area contributed by atoms with Gasteiger partial charge in [0.1, 0.15) is 0 Å². The Hall–Kier alpha value is -1.73. The highest BCUT2D eigenvalue weighted by Crippen LogP contribution is 2.20. The fraction of sp³-hybridized carbons (Fsp3) is 0.583. The molecule has 0 bridgehead atoms. The van der Waals surface area contributed by atoms with Crippen molar-refractivity contribution >= 4 is 11.7 Å². The summed E-state index contributed by atoms with van der Waals surface area (Å²) in [6.45, 7) is 6.49. The third kappa shape index (κ3) is 2.82. The Morgan fingerprint density at radius 1 is 1.37 bits per heavy atom. The third-order valence-electron chi connectivity index (χ3n) is 3.64. The summed E-state index contributed by atoms with van der Waals surface area (Å²) in [6.07, 6.45) is 0. The zero-order chi connectivity index (χ0) is 14.0. The van der Waals surface area contributed by atoms with E-state index in [2.05, 4.69) is 41.4 Å². The number of carbonyl (C=O) groups is 1. The minimum absolute atomic E-state index is 0.0277. The van der Waals surface area contributed by atoms with Crippen LogP contribution >= 0.6 is 0 Å². The van der Waals surface area contributed by atoms with Gasteiger partial charge < -0.3 is 10.3 Å². The number of carbonyl (C=O) groups excluding carboxylic acids is 1. The van der Waals surface area contributed by atoms with Crippen LogP contribution in [0, 0.1) is 0 Å². The lowest BCUT2D eigenvalue weighted by molar-refractivity contribution is 0.0306. The lowest BCUT2D eigenvalue weighted by Crippen LogP contribution is -2.58. The van der Waals surface area contributed by atoms with Crippen LogP contribution < -0.4 is 11.3 Å². The Kier molecular flexibility index (Phi) is 3.68. The van der Waals surface area contributed by atoms with Gasteiger partial charge in [-0.05, 0) is 33.0 Å². The molecule has 7 heteroatoms. The molecule has 0 aromatic carbocycles. The van der Waals surface area contributed by atoms with Crippen LogP contribution in [0.4, 0.5) is 5.82 Å². The Balaban J connectivity index is 2.11. The van der Waals surface area contributed by atoms with Gasteiger partial charge >= 0.3 is 0 Å². The van der Waals surface area contributed by atoms with E-state index in [1.165, 1.54) is 0 Å².